The Hall–Kier alpha value is -3.13. The number of ether oxygens (including phenoxy) is 2. The second-order valence-corrected chi connectivity index (χ2v) is 7.13. The molecule has 1 aliphatic heterocycles. The fourth-order valence-electron chi connectivity index (χ4n) is 3.39. The molecule has 3 rings (SSSR count). The molecule has 0 radical (unpaired) electrons. The molecule has 2 atom stereocenters. The highest BCUT2D eigenvalue weighted by atomic mass is 16.5. The Morgan fingerprint density at radius 1 is 1.28 bits per heavy atom. The summed E-state index contributed by atoms with van der Waals surface area (Å²) in [7, 11) is 2.86. The van der Waals surface area contributed by atoms with Gasteiger partial charge in [0.15, 0.2) is 0 Å². The second kappa shape index (κ2) is 8.91. The summed E-state index contributed by atoms with van der Waals surface area (Å²) in [4.78, 5) is 28.7. The van der Waals surface area contributed by atoms with Crippen molar-refractivity contribution in [2.75, 3.05) is 24.9 Å². The van der Waals surface area contributed by atoms with E-state index in [9.17, 15) is 9.59 Å². The normalized spacial score (nSPS) is 19.1. The first-order chi connectivity index (χ1) is 13.9. The zero-order valence-electron chi connectivity index (χ0n) is 16.8. The number of anilines is 2. The molecule has 4 N–H and O–H groups in total. The molecule has 8 nitrogen and oxygen atoms in total. The number of carbonyl (C=O) groups excluding carboxylic acids is 2. The number of methoxy groups -OCH3 is 2. The standard InChI is InChI=1S/C21H26N4O4/c1-12-5-4-6-17(22)16-9-13(11-23-20(16)28-2)15-8-7-14(24-21(27)29-3)10-18(15)25-19(12)26/h7-12,17H,4-6,22H2,1-3H3,(H,24,27)(H,25,26)/t12-,17?/m1/s1. The van der Waals surface area contributed by atoms with E-state index in [4.69, 9.17) is 10.5 Å². The molecule has 1 aromatic carbocycles. The summed E-state index contributed by atoms with van der Waals surface area (Å²) in [5, 5.41) is 5.61. The Morgan fingerprint density at radius 3 is 2.79 bits per heavy atom. The minimum absolute atomic E-state index is 0.0858. The lowest BCUT2D eigenvalue weighted by Gasteiger charge is -2.21. The molecule has 2 bridgehead atoms. The zero-order chi connectivity index (χ0) is 21.0. The van der Waals surface area contributed by atoms with Gasteiger partial charge in [-0.2, -0.15) is 0 Å². The van der Waals surface area contributed by atoms with Crippen molar-refractivity contribution in [2.45, 2.75) is 32.2 Å². The molecule has 0 saturated carbocycles. The number of pyridine rings is 1. The van der Waals surface area contributed by atoms with Gasteiger partial charge < -0.3 is 20.5 Å². The summed E-state index contributed by atoms with van der Waals surface area (Å²) in [6, 6.07) is 6.96. The van der Waals surface area contributed by atoms with Crippen LogP contribution >= 0.6 is 0 Å². The molecule has 2 heterocycles. The van der Waals surface area contributed by atoms with Gasteiger partial charge in [-0.05, 0) is 31.0 Å². The van der Waals surface area contributed by atoms with Crippen LogP contribution < -0.4 is 21.1 Å². The van der Waals surface area contributed by atoms with Crippen molar-refractivity contribution >= 4 is 23.4 Å². The number of hydrogen-bond acceptors (Lipinski definition) is 6. The number of fused-ring (bicyclic) bond motifs is 4. The lowest BCUT2D eigenvalue weighted by Crippen LogP contribution is -2.22. The number of carbonyl (C=O) groups is 2. The molecule has 29 heavy (non-hydrogen) atoms. The average Bonchev–Trinajstić information content (AvgIpc) is 2.72. The first-order valence-electron chi connectivity index (χ1n) is 9.52. The van der Waals surface area contributed by atoms with Gasteiger partial charge in [0.1, 0.15) is 0 Å². The molecule has 8 heteroatoms. The molecule has 1 aromatic heterocycles. The minimum atomic E-state index is -0.586. The van der Waals surface area contributed by atoms with Crippen LogP contribution in [0.3, 0.4) is 0 Å². The monoisotopic (exact) mass is 398 g/mol. The molecule has 0 saturated heterocycles. The van der Waals surface area contributed by atoms with Gasteiger partial charge in [-0.25, -0.2) is 9.78 Å². The van der Waals surface area contributed by atoms with Crippen molar-refractivity contribution in [1.29, 1.82) is 0 Å². The molecular formula is C21H26N4O4. The highest BCUT2D eigenvalue weighted by molar-refractivity contribution is 5.98. The van der Waals surface area contributed by atoms with Crippen LogP contribution in [0.5, 0.6) is 5.88 Å². The summed E-state index contributed by atoms with van der Waals surface area (Å²) < 4.78 is 10.0. The van der Waals surface area contributed by atoms with E-state index in [2.05, 4.69) is 20.4 Å². The maximum atomic E-state index is 12.7. The Kier molecular flexibility index (Phi) is 6.33. The van der Waals surface area contributed by atoms with E-state index in [-0.39, 0.29) is 17.9 Å². The number of nitrogens with one attached hydrogen (secondary N) is 2. The third-order valence-electron chi connectivity index (χ3n) is 5.09. The predicted octanol–water partition coefficient (Wildman–Crippen LogP) is 3.69. The lowest BCUT2D eigenvalue weighted by molar-refractivity contribution is -0.119. The highest BCUT2D eigenvalue weighted by Gasteiger charge is 2.21. The molecule has 1 aliphatic rings. The maximum absolute atomic E-state index is 12.7. The van der Waals surface area contributed by atoms with E-state index in [0.29, 0.717) is 23.7 Å². The van der Waals surface area contributed by atoms with Gasteiger partial charge in [0, 0.05) is 40.5 Å². The zero-order valence-corrected chi connectivity index (χ0v) is 16.8. The van der Waals surface area contributed by atoms with E-state index in [1.165, 1.54) is 7.11 Å². The van der Waals surface area contributed by atoms with Crippen LogP contribution in [0.2, 0.25) is 0 Å². The lowest BCUT2D eigenvalue weighted by atomic mass is 9.94. The Labute approximate surface area is 169 Å². The largest absolute Gasteiger partial charge is 0.481 e. The van der Waals surface area contributed by atoms with Crippen molar-refractivity contribution in [3.05, 3.63) is 36.0 Å². The van der Waals surface area contributed by atoms with Crippen LogP contribution in [-0.4, -0.2) is 31.2 Å². The topological polar surface area (TPSA) is 116 Å². The van der Waals surface area contributed by atoms with Gasteiger partial charge in [0.2, 0.25) is 11.8 Å². The van der Waals surface area contributed by atoms with Crippen molar-refractivity contribution in [3.8, 4) is 17.0 Å². The van der Waals surface area contributed by atoms with Crippen molar-refractivity contribution in [1.82, 2.24) is 4.98 Å². The molecule has 0 fully saturated rings. The Morgan fingerprint density at radius 2 is 2.07 bits per heavy atom. The number of benzene rings is 1. The molecule has 2 amide bonds. The fourth-order valence-corrected chi connectivity index (χ4v) is 3.39. The molecule has 0 aliphatic carbocycles. The second-order valence-electron chi connectivity index (χ2n) is 7.13. The Balaban J connectivity index is 2.12. The minimum Gasteiger partial charge on any atom is -0.481 e. The van der Waals surface area contributed by atoms with E-state index in [1.807, 2.05) is 19.1 Å². The summed E-state index contributed by atoms with van der Waals surface area (Å²) >= 11 is 0. The van der Waals surface area contributed by atoms with Gasteiger partial charge in [0.25, 0.3) is 0 Å². The molecular weight excluding hydrogens is 372 g/mol. The average molecular weight is 398 g/mol. The quantitative estimate of drug-likeness (QED) is 0.710. The third-order valence-corrected chi connectivity index (χ3v) is 5.09. The number of nitrogens with two attached hydrogens (primary N) is 1. The number of aromatic nitrogens is 1. The first kappa shape index (κ1) is 20.6. The van der Waals surface area contributed by atoms with E-state index < -0.39 is 6.09 Å². The van der Waals surface area contributed by atoms with E-state index >= 15 is 0 Å². The van der Waals surface area contributed by atoms with E-state index in [1.54, 1.807) is 25.4 Å². The Bertz CT molecular complexity index is 916. The molecule has 1 unspecified atom stereocenters. The van der Waals surface area contributed by atoms with Crippen LogP contribution in [0.1, 0.15) is 37.8 Å². The number of nitrogens with zero attached hydrogens (tertiary/aromatic N) is 1. The SMILES string of the molecule is COC(=O)Nc1ccc2c(c1)NC(=O)[C@H](C)CCCC(N)c1cc-2cnc1OC. The van der Waals surface area contributed by atoms with Gasteiger partial charge in [-0.3, -0.25) is 10.1 Å². The summed E-state index contributed by atoms with van der Waals surface area (Å²) in [6.45, 7) is 1.89. The van der Waals surface area contributed by atoms with Crippen molar-refractivity contribution in [3.63, 3.8) is 0 Å². The van der Waals surface area contributed by atoms with Crippen LogP contribution in [0, 0.1) is 5.92 Å². The van der Waals surface area contributed by atoms with Crippen LogP contribution in [0.25, 0.3) is 11.1 Å². The number of hydrogen-bond donors (Lipinski definition) is 3. The highest BCUT2D eigenvalue weighted by Crippen LogP contribution is 2.36. The van der Waals surface area contributed by atoms with Crippen molar-refractivity contribution < 1.29 is 19.1 Å². The number of rotatable bonds is 2. The van der Waals surface area contributed by atoms with Gasteiger partial charge in [-0.15, -0.1) is 0 Å². The van der Waals surface area contributed by atoms with Crippen LogP contribution in [0.4, 0.5) is 16.2 Å². The van der Waals surface area contributed by atoms with Crippen LogP contribution in [-0.2, 0) is 9.53 Å². The summed E-state index contributed by atoms with van der Waals surface area (Å²) in [5.41, 5.74) is 9.88. The van der Waals surface area contributed by atoms with Crippen LogP contribution in [0.15, 0.2) is 30.5 Å². The van der Waals surface area contributed by atoms with Crippen molar-refractivity contribution in [2.24, 2.45) is 11.7 Å². The molecule has 0 spiro atoms. The predicted molar refractivity (Wildman–Crippen MR) is 111 cm³/mol. The molecule has 154 valence electrons. The first-order valence-corrected chi connectivity index (χ1v) is 9.52. The smallest absolute Gasteiger partial charge is 0.411 e. The summed E-state index contributed by atoms with van der Waals surface area (Å²) in [6.07, 6.45) is 3.35. The maximum Gasteiger partial charge on any atom is 0.411 e. The fraction of sp³-hybridized carbons (Fsp3) is 0.381. The van der Waals surface area contributed by atoms with Gasteiger partial charge in [-0.1, -0.05) is 19.4 Å². The third kappa shape index (κ3) is 4.65. The number of amides is 2. The molecule has 2 aromatic rings. The summed E-state index contributed by atoms with van der Waals surface area (Å²) in [5.74, 6) is 0.239. The van der Waals surface area contributed by atoms with Gasteiger partial charge >= 0.3 is 6.09 Å². The van der Waals surface area contributed by atoms with E-state index in [0.717, 1.165) is 29.5 Å². The van der Waals surface area contributed by atoms with Gasteiger partial charge in [0.05, 0.1) is 19.9 Å².